The Morgan fingerprint density at radius 2 is 2.15 bits per heavy atom. The zero-order chi connectivity index (χ0) is 14.5. The minimum atomic E-state index is -0.145. The molecule has 0 unspecified atom stereocenters. The Balaban J connectivity index is 2.19. The number of rotatable bonds is 6. The number of nitrogens with one attached hydrogen (secondary N) is 1. The lowest BCUT2D eigenvalue weighted by atomic mass is 10.3. The molecule has 0 aliphatic rings. The first-order valence-electron chi connectivity index (χ1n) is 6.68. The van der Waals surface area contributed by atoms with Gasteiger partial charge in [-0.2, -0.15) is 10.2 Å². The fourth-order valence-corrected chi connectivity index (χ4v) is 2.02. The molecule has 0 aromatic carbocycles. The molecule has 0 saturated carbocycles. The first-order chi connectivity index (χ1) is 9.63. The normalized spacial score (nSPS) is 10.8. The Bertz CT molecular complexity index is 630. The van der Waals surface area contributed by atoms with Gasteiger partial charge >= 0.3 is 0 Å². The van der Waals surface area contributed by atoms with E-state index in [1.807, 2.05) is 24.6 Å². The van der Waals surface area contributed by atoms with E-state index in [1.165, 1.54) is 10.7 Å². The summed E-state index contributed by atoms with van der Waals surface area (Å²) in [5.41, 5.74) is 7.87. The van der Waals surface area contributed by atoms with Crippen molar-refractivity contribution in [3.8, 4) is 0 Å². The van der Waals surface area contributed by atoms with Gasteiger partial charge in [0.1, 0.15) is 0 Å². The van der Waals surface area contributed by atoms with E-state index in [0.29, 0.717) is 25.3 Å². The maximum atomic E-state index is 12.0. The van der Waals surface area contributed by atoms with Crippen LogP contribution >= 0.6 is 0 Å². The summed E-state index contributed by atoms with van der Waals surface area (Å²) in [5.74, 6) is 0. The minimum absolute atomic E-state index is 0.145. The molecule has 0 aliphatic heterocycles. The van der Waals surface area contributed by atoms with E-state index in [1.54, 1.807) is 6.20 Å². The monoisotopic (exact) mass is 276 g/mol. The van der Waals surface area contributed by atoms with E-state index >= 15 is 0 Å². The van der Waals surface area contributed by atoms with Gasteiger partial charge in [0, 0.05) is 25.7 Å². The molecule has 7 nitrogen and oxygen atoms in total. The van der Waals surface area contributed by atoms with Gasteiger partial charge < -0.3 is 11.1 Å². The quantitative estimate of drug-likeness (QED) is 0.786. The summed E-state index contributed by atoms with van der Waals surface area (Å²) in [6, 6.07) is 3.50. The van der Waals surface area contributed by atoms with E-state index in [9.17, 15) is 4.79 Å². The lowest BCUT2D eigenvalue weighted by molar-refractivity contribution is 0.559. The molecule has 0 radical (unpaired) electrons. The Hall–Kier alpha value is -2.15. The fourth-order valence-electron chi connectivity index (χ4n) is 2.02. The highest BCUT2D eigenvalue weighted by atomic mass is 16.1. The number of anilines is 1. The molecular weight excluding hydrogens is 256 g/mol. The number of hydrogen-bond acceptors (Lipinski definition) is 5. The third kappa shape index (κ3) is 3.24. The Morgan fingerprint density at radius 1 is 1.35 bits per heavy atom. The van der Waals surface area contributed by atoms with Gasteiger partial charge in [-0.05, 0) is 19.9 Å². The van der Waals surface area contributed by atoms with Crippen molar-refractivity contribution in [3.63, 3.8) is 0 Å². The van der Waals surface area contributed by atoms with Crippen LogP contribution in [0, 0.1) is 6.92 Å². The first kappa shape index (κ1) is 14.3. The predicted molar refractivity (Wildman–Crippen MR) is 77.8 cm³/mol. The molecule has 2 aromatic heterocycles. The summed E-state index contributed by atoms with van der Waals surface area (Å²) in [4.78, 5) is 12.0. The molecule has 0 atom stereocenters. The summed E-state index contributed by atoms with van der Waals surface area (Å²) >= 11 is 0. The number of aryl methyl sites for hydroxylation is 2. The number of hydrogen-bond donors (Lipinski definition) is 2. The Kier molecular flexibility index (Phi) is 4.52. The lowest BCUT2D eigenvalue weighted by Crippen LogP contribution is -2.25. The summed E-state index contributed by atoms with van der Waals surface area (Å²) in [6.07, 6.45) is 1.64. The molecule has 0 fully saturated rings. The maximum Gasteiger partial charge on any atom is 0.269 e. The number of nitrogens with zero attached hydrogens (tertiary/aromatic N) is 4. The van der Waals surface area contributed by atoms with Gasteiger partial charge in [-0.15, -0.1) is 0 Å². The molecule has 0 amide bonds. The van der Waals surface area contributed by atoms with E-state index in [4.69, 9.17) is 5.73 Å². The van der Waals surface area contributed by atoms with Gasteiger partial charge in [-0.3, -0.25) is 9.48 Å². The standard InChI is InChI=1S/C13H20N6O/c1-3-18-12(6-10(2)17-18)9-19-13(20)7-11(8-16-19)15-5-4-14/h6-8,15H,3-5,9,14H2,1-2H3. The van der Waals surface area contributed by atoms with Crippen LogP contribution in [0.4, 0.5) is 5.69 Å². The summed E-state index contributed by atoms with van der Waals surface area (Å²) in [5, 5.41) is 11.6. The van der Waals surface area contributed by atoms with Gasteiger partial charge in [-0.1, -0.05) is 0 Å². The van der Waals surface area contributed by atoms with Gasteiger partial charge in [0.05, 0.1) is 29.8 Å². The second-order valence-electron chi connectivity index (χ2n) is 4.55. The van der Waals surface area contributed by atoms with Crippen LogP contribution in [0.3, 0.4) is 0 Å². The zero-order valence-corrected chi connectivity index (χ0v) is 11.8. The summed E-state index contributed by atoms with van der Waals surface area (Å²) in [7, 11) is 0. The molecule has 7 heteroatoms. The van der Waals surface area contributed by atoms with Crippen LogP contribution in [0.25, 0.3) is 0 Å². The smallest absolute Gasteiger partial charge is 0.269 e. The third-order valence-corrected chi connectivity index (χ3v) is 2.94. The van der Waals surface area contributed by atoms with Crippen LogP contribution in [0.2, 0.25) is 0 Å². The SMILES string of the molecule is CCn1nc(C)cc1Cn1ncc(NCCN)cc1=O. The fraction of sp³-hybridized carbons (Fsp3) is 0.462. The molecule has 0 bridgehead atoms. The van der Waals surface area contributed by atoms with Crippen molar-refractivity contribution in [2.24, 2.45) is 5.73 Å². The second-order valence-corrected chi connectivity index (χ2v) is 4.55. The topological polar surface area (TPSA) is 90.8 Å². The van der Waals surface area contributed by atoms with Gasteiger partial charge in [0.2, 0.25) is 0 Å². The minimum Gasteiger partial charge on any atom is -0.382 e. The average molecular weight is 276 g/mol. The molecule has 0 spiro atoms. The molecule has 108 valence electrons. The predicted octanol–water partition coefficient (Wildman–Crippen LogP) is 0.187. The van der Waals surface area contributed by atoms with Crippen LogP contribution in [-0.2, 0) is 13.1 Å². The van der Waals surface area contributed by atoms with E-state index in [-0.39, 0.29) is 5.56 Å². The molecule has 2 heterocycles. The number of aromatic nitrogens is 4. The van der Waals surface area contributed by atoms with Crippen molar-refractivity contribution < 1.29 is 0 Å². The van der Waals surface area contributed by atoms with Crippen LogP contribution < -0.4 is 16.6 Å². The van der Waals surface area contributed by atoms with Gasteiger partial charge in [0.15, 0.2) is 0 Å². The van der Waals surface area contributed by atoms with Crippen molar-refractivity contribution in [1.82, 2.24) is 19.6 Å². The Morgan fingerprint density at radius 3 is 2.80 bits per heavy atom. The highest BCUT2D eigenvalue weighted by Gasteiger charge is 2.07. The summed E-state index contributed by atoms with van der Waals surface area (Å²) < 4.78 is 3.31. The van der Waals surface area contributed by atoms with Gasteiger partial charge in [0.25, 0.3) is 5.56 Å². The molecule has 0 saturated heterocycles. The Labute approximate surface area is 117 Å². The molecule has 3 N–H and O–H groups in total. The van der Waals surface area contributed by atoms with E-state index in [2.05, 4.69) is 15.5 Å². The molecule has 20 heavy (non-hydrogen) atoms. The molecular formula is C13H20N6O. The third-order valence-electron chi connectivity index (χ3n) is 2.94. The largest absolute Gasteiger partial charge is 0.382 e. The second kappa shape index (κ2) is 6.33. The van der Waals surface area contributed by atoms with Crippen LogP contribution in [0.1, 0.15) is 18.3 Å². The van der Waals surface area contributed by atoms with E-state index in [0.717, 1.165) is 17.9 Å². The molecule has 0 aliphatic carbocycles. The van der Waals surface area contributed by atoms with Crippen molar-refractivity contribution >= 4 is 5.69 Å². The highest BCUT2D eigenvalue weighted by molar-refractivity contribution is 5.38. The first-order valence-corrected chi connectivity index (χ1v) is 6.68. The molecule has 2 aromatic rings. The van der Waals surface area contributed by atoms with Crippen molar-refractivity contribution in [2.45, 2.75) is 26.9 Å². The lowest BCUT2D eigenvalue weighted by Gasteiger charge is -2.08. The average Bonchev–Trinajstić information content (AvgIpc) is 2.79. The van der Waals surface area contributed by atoms with Crippen LogP contribution in [-0.4, -0.2) is 32.7 Å². The molecule has 2 rings (SSSR count). The summed E-state index contributed by atoms with van der Waals surface area (Å²) in [6.45, 7) is 6.28. The van der Waals surface area contributed by atoms with Crippen LogP contribution in [0.15, 0.2) is 23.1 Å². The van der Waals surface area contributed by atoms with E-state index < -0.39 is 0 Å². The van der Waals surface area contributed by atoms with Crippen LogP contribution in [0.5, 0.6) is 0 Å². The van der Waals surface area contributed by atoms with Crippen molar-refractivity contribution in [1.29, 1.82) is 0 Å². The zero-order valence-electron chi connectivity index (χ0n) is 11.8. The highest BCUT2D eigenvalue weighted by Crippen LogP contribution is 2.05. The van der Waals surface area contributed by atoms with Crippen molar-refractivity contribution in [3.05, 3.63) is 40.1 Å². The number of nitrogens with two attached hydrogens (primary N) is 1. The van der Waals surface area contributed by atoms with Crippen molar-refractivity contribution in [2.75, 3.05) is 18.4 Å². The van der Waals surface area contributed by atoms with Gasteiger partial charge in [-0.25, -0.2) is 4.68 Å². The maximum absolute atomic E-state index is 12.0.